The minimum atomic E-state index is -1.20. The molecule has 1 aliphatic rings. The second-order valence-corrected chi connectivity index (χ2v) is 10.0. The van der Waals surface area contributed by atoms with Gasteiger partial charge in [0.05, 0.1) is 6.04 Å². The third-order valence-corrected chi connectivity index (χ3v) is 6.18. The Morgan fingerprint density at radius 2 is 1.68 bits per heavy atom. The topological polar surface area (TPSA) is 78.5 Å². The Kier molecular flexibility index (Phi) is 6.28. The molecular weight excluding hydrogens is 458 g/mol. The highest BCUT2D eigenvalue weighted by molar-refractivity contribution is 9.10. The van der Waals surface area contributed by atoms with E-state index >= 15 is 0 Å². The average molecular weight is 486 g/mol. The van der Waals surface area contributed by atoms with Crippen LogP contribution in [0.4, 0.5) is 4.79 Å². The molecule has 0 radical (unpaired) electrons. The van der Waals surface area contributed by atoms with Crippen molar-refractivity contribution in [3.05, 3.63) is 69.7 Å². The fourth-order valence-corrected chi connectivity index (χ4v) is 3.87. The Morgan fingerprint density at radius 3 is 2.23 bits per heavy atom. The number of urea groups is 1. The molecule has 2 unspecified atom stereocenters. The normalized spacial score (nSPS) is 19.9. The Labute approximate surface area is 191 Å². The lowest BCUT2D eigenvalue weighted by Crippen LogP contribution is -2.43. The third-order valence-electron chi connectivity index (χ3n) is 5.65. The zero-order valence-electron chi connectivity index (χ0n) is 18.5. The maximum atomic E-state index is 13.1. The summed E-state index contributed by atoms with van der Waals surface area (Å²) in [4.78, 5) is 39.2. The van der Waals surface area contributed by atoms with Gasteiger partial charge in [0.25, 0.3) is 5.91 Å². The van der Waals surface area contributed by atoms with Gasteiger partial charge in [-0.1, -0.05) is 73.1 Å². The first-order valence-corrected chi connectivity index (χ1v) is 11.0. The van der Waals surface area contributed by atoms with Crippen LogP contribution in [-0.2, 0) is 20.5 Å². The molecule has 0 saturated carbocycles. The number of carbonyl (C=O) groups is 3. The standard InChI is InChI=1S/C24H28BrN3O3/c1-15(16-6-12-19(25)13-7-16)26-20(29)14-28-21(30)24(5,27-22(28)31)18-10-8-17(9-11-18)23(2,3)4/h6-13,15H,14H2,1-5H3,(H,26,29)(H,27,31). The lowest BCUT2D eigenvalue weighted by atomic mass is 9.84. The van der Waals surface area contributed by atoms with E-state index < -0.39 is 23.4 Å². The number of imide groups is 1. The number of nitrogens with one attached hydrogen (secondary N) is 2. The van der Waals surface area contributed by atoms with Crippen molar-refractivity contribution in [2.24, 2.45) is 0 Å². The van der Waals surface area contributed by atoms with Gasteiger partial charge in [-0.25, -0.2) is 4.79 Å². The molecule has 3 rings (SSSR count). The maximum Gasteiger partial charge on any atom is 0.325 e. The number of benzene rings is 2. The SMILES string of the molecule is CC(NC(=O)CN1C(=O)NC(C)(c2ccc(C(C)(C)C)cc2)C1=O)c1ccc(Br)cc1. The molecule has 2 aromatic rings. The van der Waals surface area contributed by atoms with E-state index in [9.17, 15) is 14.4 Å². The van der Waals surface area contributed by atoms with Gasteiger partial charge in [0, 0.05) is 4.47 Å². The summed E-state index contributed by atoms with van der Waals surface area (Å²) in [6, 6.07) is 14.4. The largest absolute Gasteiger partial charge is 0.348 e. The number of carbonyl (C=O) groups excluding carboxylic acids is 3. The predicted octanol–water partition coefficient (Wildman–Crippen LogP) is 4.39. The molecule has 0 spiro atoms. The van der Waals surface area contributed by atoms with Crippen LogP contribution in [-0.4, -0.2) is 29.3 Å². The fraction of sp³-hybridized carbons (Fsp3) is 0.375. The maximum absolute atomic E-state index is 13.1. The predicted molar refractivity (Wildman–Crippen MR) is 123 cm³/mol. The molecule has 1 fully saturated rings. The number of amides is 4. The highest BCUT2D eigenvalue weighted by atomic mass is 79.9. The van der Waals surface area contributed by atoms with Gasteiger partial charge in [-0.15, -0.1) is 0 Å². The summed E-state index contributed by atoms with van der Waals surface area (Å²) in [6.45, 7) is 9.53. The van der Waals surface area contributed by atoms with Gasteiger partial charge >= 0.3 is 6.03 Å². The summed E-state index contributed by atoms with van der Waals surface area (Å²) < 4.78 is 0.948. The van der Waals surface area contributed by atoms with Crippen LogP contribution in [0.15, 0.2) is 53.0 Å². The van der Waals surface area contributed by atoms with Gasteiger partial charge in [-0.2, -0.15) is 0 Å². The molecule has 164 valence electrons. The molecule has 1 aliphatic heterocycles. The van der Waals surface area contributed by atoms with Crippen molar-refractivity contribution < 1.29 is 14.4 Å². The van der Waals surface area contributed by atoms with Crippen molar-refractivity contribution in [2.75, 3.05) is 6.54 Å². The van der Waals surface area contributed by atoms with E-state index in [1.54, 1.807) is 6.92 Å². The molecular formula is C24H28BrN3O3. The van der Waals surface area contributed by atoms with Crippen molar-refractivity contribution in [3.63, 3.8) is 0 Å². The Hall–Kier alpha value is -2.67. The lowest BCUT2D eigenvalue weighted by molar-refractivity contribution is -0.135. The quantitative estimate of drug-likeness (QED) is 0.616. The molecule has 0 bridgehead atoms. The molecule has 0 aliphatic carbocycles. The van der Waals surface area contributed by atoms with Crippen LogP contribution in [0.3, 0.4) is 0 Å². The minimum Gasteiger partial charge on any atom is -0.348 e. The number of halogens is 1. The van der Waals surface area contributed by atoms with Crippen molar-refractivity contribution in [2.45, 2.75) is 51.6 Å². The fourth-order valence-electron chi connectivity index (χ4n) is 3.61. The summed E-state index contributed by atoms with van der Waals surface area (Å²) in [5.41, 5.74) is 1.53. The van der Waals surface area contributed by atoms with E-state index in [2.05, 4.69) is 47.3 Å². The van der Waals surface area contributed by atoms with Crippen molar-refractivity contribution >= 4 is 33.8 Å². The minimum absolute atomic E-state index is 0.0159. The van der Waals surface area contributed by atoms with E-state index in [1.807, 2.05) is 55.5 Å². The summed E-state index contributed by atoms with van der Waals surface area (Å²) in [7, 11) is 0. The molecule has 4 amide bonds. The first kappa shape index (κ1) is 23.0. The summed E-state index contributed by atoms with van der Waals surface area (Å²) in [5.74, 6) is -0.835. The van der Waals surface area contributed by atoms with Crippen LogP contribution in [0.2, 0.25) is 0 Å². The Morgan fingerprint density at radius 1 is 1.10 bits per heavy atom. The van der Waals surface area contributed by atoms with Gasteiger partial charge in [0.1, 0.15) is 12.1 Å². The van der Waals surface area contributed by atoms with E-state index in [0.717, 1.165) is 20.5 Å². The summed E-state index contributed by atoms with van der Waals surface area (Å²) in [6.07, 6.45) is 0. The Balaban J connectivity index is 1.70. The smallest absolute Gasteiger partial charge is 0.325 e. The third kappa shape index (κ3) is 4.82. The van der Waals surface area contributed by atoms with Crippen molar-refractivity contribution in [3.8, 4) is 0 Å². The molecule has 6 nitrogen and oxygen atoms in total. The highest BCUT2D eigenvalue weighted by Crippen LogP contribution is 2.31. The first-order chi connectivity index (χ1) is 14.4. The highest BCUT2D eigenvalue weighted by Gasteiger charge is 2.49. The van der Waals surface area contributed by atoms with Gasteiger partial charge in [0.15, 0.2) is 0 Å². The lowest BCUT2D eigenvalue weighted by Gasteiger charge is -2.24. The summed E-state index contributed by atoms with van der Waals surface area (Å²) in [5, 5.41) is 5.60. The Bertz CT molecular complexity index is 996. The molecule has 0 aromatic heterocycles. The number of hydrogen-bond donors (Lipinski definition) is 2. The van der Waals surface area contributed by atoms with Crippen molar-refractivity contribution in [1.29, 1.82) is 0 Å². The van der Waals surface area contributed by atoms with E-state index in [4.69, 9.17) is 0 Å². The number of hydrogen-bond acceptors (Lipinski definition) is 3. The van der Waals surface area contributed by atoms with Crippen LogP contribution >= 0.6 is 15.9 Å². The average Bonchev–Trinajstić information content (AvgIpc) is 2.92. The molecule has 2 aromatic carbocycles. The van der Waals surface area contributed by atoms with Crippen LogP contribution < -0.4 is 10.6 Å². The van der Waals surface area contributed by atoms with E-state index in [-0.39, 0.29) is 18.0 Å². The molecule has 7 heteroatoms. The second kappa shape index (κ2) is 8.46. The molecule has 1 heterocycles. The monoisotopic (exact) mass is 485 g/mol. The van der Waals surface area contributed by atoms with Crippen LogP contribution in [0.1, 0.15) is 57.4 Å². The zero-order valence-corrected chi connectivity index (χ0v) is 20.0. The molecule has 2 N–H and O–H groups in total. The van der Waals surface area contributed by atoms with Gasteiger partial charge < -0.3 is 10.6 Å². The van der Waals surface area contributed by atoms with Crippen LogP contribution in [0.25, 0.3) is 0 Å². The van der Waals surface area contributed by atoms with E-state index in [0.29, 0.717) is 5.56 Å². The first-order valence-electron chi connectivity index (χ1n) is 10.2. The summed E-state index contributed by atoms with van der Waals surface area (Å²) >= 11 is 3.38. The van der Waals surface area contributed by atoms with Gasteiger partial charge in [0.2, 0.25) is 5.91 Å². The molecule has 2 atom stereocenters. The van der Waals surface area contributed by atoms with Crippen LogP contribution in [0, 0.1) is 0 Å². The van der Waals surface area contributed by atoms with Crippen LogP contribution in [0.5, 0.6) is 0 Å². The number of rotatable bonds is 5. The zero-order chi connectivity index (χ0) is 23.0. The second-order valence-electron chi connectivity index (χ2n) is 9.11. The van der Waals surface area contributed by atoms with Gasteiger partial charge in [-0.05, 0) is 48.1 Å². The molecule has 31 heavy (non-hydrogen) atoms. The molecule has 1 saturated heterocycles. The van der Waals surface area contributed by atoms with E-state index in [1.165, 1.54) is 0 Å². The van der Waals surface area contributed by atoms with Crippen molar-refractivity contribution in [1.82, 2.24) is 15.5 Å². The van der Waals surface area contributed by atoms with Gasteiger partial charge in [-0.3, -0.25) is 14.5 Å². The number of nitrogens with zero attached hydrogens (tertiary/aromatic N) is 1.